The zero-order chi connectivity index (χ0) is 13.3. The summed E-state index contributed by atoms with van der Waals surface area (Å²) < 4.78 is 0.970. The van der Waals surface area contributed by atoms with E-state index in [-0.39, 0.29) is 5.92 Å². The van der Waals surface area contributed by atoms with E-state index in [9.17, 15) is 5.11 Å². The third-order valence-electron chi connectivity index (χ3n) is 4.22. The zero-order valence-electron chi connectivity index (χ0n) is 11.3. The highest BCUT2D eigenvalue weighted by Gasteiger charge is 2.42. The van der Waals surface area contributed by atoms with Gasteiger partial charge >= 0.3 is 0 Å². The minimum atomic E-state index is -0.710. The van der Waals surface area contributed by atoms with E-state index >= 15 is 0 Å². The second-order valence-electron chi connectivity index (χ2n) is 6.45. The molecular formula is C15H25BrO. The summed E-state index contributed by atoms with van der Waals surface area (Å²) in [5.41, 5.74) is -0.396. The molecule has 17 heavy (non-hydrogen) atoms. The molecule has 1 aliphatic rings. The molecule has 0 aromatic carbocycles. The second-order valence-corrected chi connectivity index (χ2v) is 7.57. The van der Waals surface area contributed by atoms with Crippen LogP contribution in [0.3, 0.4) is 0 Å². The van der Waals surface area contributed by atoms with Crippen molar-refractivity contribution in [3.05, 3.63) is 23.7 Å². The molecule has 0 radical (unpaired) electrons. The molecule has 98 valence electrons. The Morgan fingerprint density at radius 1 is 1.53 bits per heavy atom. The van der Waals surface area contributed by atoms with Gasteiger partial charge in [-0.15, -0.1) is 6.58 Å². The second kappa shape index (κ2) is 5.27. The van der Waals surface area contributed by atoms with Gasteiger partial charge < -0.3 is 5.11 Å². The van der Waals surface area contributed by atoms with E-state index in [4.69, 9.17) is 0 Å². The van der Waals surface area contributed by atoms with Crippen molar-refractivity contribution in [2.24, 2.45) is 17.3 Å². The number of hydrogen-bond donors (Lipinski definition) is 1. The van der Waals surface area contributed by atoms with Crippen LogP contribution in [0.5, 0.6) is 0 Å². The van der Waals surface area contributed by atoms with Crippen molar-refractivity contribution in [3.63, 3.8) is 0 Å². The predicted octanol–water partition coefficient (Wildman–Crippen LogP) is 4.66. The van der Waals surface area contributed by atoms with E-state index in [1.54, 1.807) is 6.08 Å². The van der Waals surface area contributed by atoms with E-state index in [2.05, 4.69) is 49.9 Å². The molecule has 0 aromatic heterocycles. The lowest BCUT2D eigenvalue weighted by Gasteiger charge is -2.45. The number of rotatable bonds is 3. The van der Waals surface area contributed by atoms with Crippen LogP contribution in [-0.4, -0.2) is 10.7 Å². The van der Waals surface area contributed by atoms with Gasteiger partial charge in [-0.2, -0.15) is 0 Å². The number of allylic oxidation sites excluding steroid dienone is 1. The van der Waals surface area contributed by atoms with Crippen molar-refractivity contribution >= 4 is 15.9 Å². The molecule has 0 saturated heterocycles. The maximum atomic E-state index is 10.6. The van der Waals surface area contributed by atoms with E-state index in [1.165, 1.54) is 0 Å². The maximum absolute atomic E-state index is 10.6. The summed E-state index contributed by atoms with van der Waals surface area (Å²) in [7, 11) is 0. The summed E-state index contributed by atoms with van der Waals surface area (Å²) in [6.45, 7) is 14.6. The Balaban J connectivity index is 2.84. The molecule has 1 saturated carbocycles. The van der Waals surface area contributed by atoms with Gasteiger partial charge in [-0.1, -0.05) is 49.4 Å². The topological polar surface area (TPSA) is 20.2 Å². The average Bonchev–Trinajstić information content (AvgIpc) is 2.19. The van der Waals surface area contributed by atoms with Crippen LogP contribution in [0, 0.1) is 17.3 Å². The SMILES string of the molecule is C=CC1(O)CCC(C(C)(C)C)CC1CC(=C)Br. The lowest BCUT2D eigenvalue weighted by molar-refractivity contribution is -0.0381. The van der Waals surface area contributed by atoms with E-state index in [0.29, 0.717) is 11.3 Å². The number of halogens is 1. The number of aliphatic hydroxyl groups is 1. The molecule has 0 amide bonds. The van der Waals surface area contributed by atoms with Crippen LogP contribution in [0.4, 0.5) is 0 Å². The van der Waals surface area contributed by atoms with Crippen LogP contribution in [-0.2, 0) is 0 Å². The Hall–Kier alpha value is -0.0800. The van der Waals surface area contributed by atoms with Crippen LogP contribution in [0.25, 0.3) is 0 Å². The quantitative estimate of drug-likeness (QED) is 0.751. The fraction of sp³-hybridized carbons (Fsp3) is 0.733. The van der Waals surface area contributed by atoms with Crippen molar-refractivity contribution in [1.29, 1.82) is 0 Å². The monoisotopic (exact) mass is 300 g/mol. The Kier molecular flexibility index (Phi) is 4.65. The molecule has 1 N–H and O–H groups in total. The predicted molar refractivity (Wildman–Crippen MR) is 78.1 cm³/mol. The van der Waals surface area contributed by atoms with E-state index in [1.807, 2.05) is 0 Å². The molecule has 3 atom stereocenters. The van der Waals surface area contributed by atoms with Crippen LogP contribution >= 0.6 is 15.9 Å². The molecule has 0 aromatic rings. The summed E-state index contributed by atoms with van der Waals surface area (Å²) in [5.74, 6) is 0.907. The van der Waals surface area contributed by atoms with Crippen molar-refractivity contribution in [2.75, 3.05) is 0 Å². The van der Waals surface area contributed by atoms with Gasteiger partial charge in [0.05, 0.1) is 5.60 Å². The molecule has 2 heteroatoms. The summed E-state index contributed by atoms with van der Waals surface area (Å²) in [5, 5.41) is 10.6. The van der Waals surface area contributed by atoms with Crippen LogP contribution < -0.4 is 0 Å². The van der Waals surface area contributed by atoms with Gasteiger partial charge in [0.1, 0.15) is 0 Å². The minimum absolute atomic E-state index is 0.241. The Labute approximate surface area is 114 Å². The van der Waals surface area contributed by atoms with Gasteiger partial charge in [-0.3, -0.25) is 0 Å². The van der Waals surface area contributed by atoms with Gasteiger partial charge in [0.2, 0.25) is 0 Å². The standard InChI is InChI=1S/C15H25BrO/c1-6-15(17)8-7-12(14(3,4)5)10-13(15)9-11(2)16/h6,12-13,17H,1-2,7-10H2,3-5H3. The largest absolute Gasteiger partial charge is 0.386 e. The fourth-order valence-corrected chi connectivity index (χ4v) is 3.25. The number of hydrogen-bond acceptors (Lipinski definition) is 1. The first-order valence-corrected chi connectivity index (χ1v) is 7.17. The molecule has 1 fully saturated rings. The molecule has 3 unspecified atom stereocenters. The molecule has 0 spiro atoms. The van der Waals surface area contributed by atoms with Crippen LogP contribution in [0.15, 0.2) is 23.7 Å². The molecule has 1 rings (SSSR count). The summed E-state index contributed by atoms with van der Waals surface area (Å²) >= 11 is 3.42. The van der Waals surface area contributed by atoms with Crippen molar-refractivity contribution < 1.29 is 5.11 Å². The molecular weight excluding hydrogens is 276 g/mol. The first-order chi connectivity index (χ1) is 7.69. The first-order valence-electron chi connectivity index (χ1n) is 6.38. The molecule has 0 aliphatic heterocycles. The summed E-state index contributed by atoms with van der Waals surface area (Å²) in [6.07, 6.45) is 5.51. The van der Waals surface area contributed by atoms with Crippen molar-refractivity contribution in [1.82, 2.24) is 0 Å². The van der Waals surface area contributed by atoms with E-state index in [0.717, 1.165) is 30.2 Å². The summed E-state index contributed by atoms with van der Waals surface area (Å²) in [6, 6.07) is 0. The molecule has 1 aliphatic carbocycles. The van der Waals surface area contributed by atoms with Crippen molar-refractivity contribution in [2.45, 2.75) is 52.1 Å². The zero-order valence-corrected chi connectivity index (χ0v) is 12.9. The Morgan fingerprint density at radius 2 is 2.12 bits per heavy atom. The van der Waals surface area contributed by atoms with Crippen molar-refractivity contribution in [3.8, 4) is 0 Å². The normalized spacial score (nSPS) is 34.4. The van der Waals surface area contributed by atoms with E-state index < -0.39 is 5.60 Å². The maximum Gasteiger partial charge on any atom is 0.0856 e. The highest BCUT2D eigenvalue weighted by Crippen LogP contribution is 2.47. The highest BCUT2D eigenvalue weighted by atomic mass is 79.9. The highest BCUT2D eigenvalue weighted by molar-refractivity contribution is 9.11. The Morgan fingerprint density at radius 3 is 2.53 bits per heavy atom. The minimum Gasteiger partial charge on any atom is -0.386 e. The lowest BCUT2D eigenvalue weighted by Crippen LogP contribution is -2.43. The van der Waals surface area contributed by atoms with Gasteiger partial charge in [-0.25, -0.2) is 0 Å². The third kappa shape index (κ3) is 3.69. The molecule has 0 bridgehead atoms. The van der Waals surface area contributed by atoms with Gasteiger partial charge in [0.25, 0.3) is 0 Å². The van der Waals surface area contributed by atoms with Gasteiger partial charge in [0.15, 0.2) is 0 Å². The van der Waals surface area contributed by atoms with Gasteiger partial charge in [-0.05, 0) is 47.4 Å². The Bertz CT molecular complexity index is 303. The average molecular weight is 301 g/mol. The summed E-state index contributed by atoms with van der Waals surface area (Å²) in [4.78, 5) is 0. The lowest BCUT2D eigenvalue weighted by atomic mass is 9.63. The fourth-order valence-electron chi connectivity index (χ4n) is 2.86. The molecule has 0 heterocycles. The smallest absolute Gasteiger partial charge is 0.0856 e. The van der Waals surface area contributed by atoms with Crippen LogP contribution in [0.2, 0.25) is 0 Å². The third-order valence-corrected chi connectivity index (χ3v) is 4.54. The molecule has 1 nitrogen and oxygen atoms in total. The van der Waals surface area contributed by atoms with Gasteiger partial charge in [0, 0.05) is 0 Å². The van der Waals surface area contributed by atoms with Crippen LogP contribution in [0.1, 0.15) is 46.5 Å². The first kappa shape index (κ1) is 15.0.